The molecule has 0 fully saturated rings. The number of benzene rings is 2. The summed E-state index contributed by atoms with van der Waals surface area (Å²) in [5.41, 5.74) is -1.27. The summed E-state index contributed by atoms with van der Waals surface area (Å²) < 4.78 is 65.9. The van der Waals surface area contributed by atoms with E-state index in [4.69, 9.17) is 0 Å². The summed E-state index contributed by atoms with van der Waals surface area (Å²) in [6.07, 6.45) is -2.39. The minimum Gasteiger partial charge on any atom is -0.321 e. The molecule has 0 aliphatic carbocycles. The molecule has 0 aliphatic rings. The third kappa shape index (κ3) is 3.56. The van der Waals surface area contributed by atoms with Crippen molar-refractivity contribution in [3.05, 3.63) is 77.9 Å². The molecule has 26 heavy (non-hydrogen) atoms. The number of nitrogens with one attached hydrogen (secondary N) is 1. The second kappa shape index (κ2) is 6.58. The first-order valence-electron chi connectivity index (χ1n) is 7.22. The molecule has 1 heterocycles. The molecule has 0 bridgehead atoms. The topological polar surface area (TPSA) is 46.9 Å². The SMILES string of the molecule is O=C(Nc1ccc(F)c(C(F)(F)F)c1)c1cncn1-c1ccc(F)cc1. The summed E-state index contributed by atoms with van der Waals surface area (Å²) >= 11 is 0. The van der Waals surface area contributed by atoms with Gasteiger partial charge in [0.2, 0.25) is 0 Å². The zero-order valence-electron chi connectivity index (χ0n) is 12.9. The van der Waals surface area contributed by atoms with Gasteiger partial charge in [0, 0.05) is 11.4 Å². The zero-order valence-corrected chi connectivity index (χ0v) is 12.9. The van der Waals surface area contributed by atoms with Crippen molar-refractivity contribution in [1.29, 1.82) is 0 Å². The third-order valence-electron chi connectivity index (χ3n) is 3.51. The van der Waals surface area contributed by atoms with Gasteiger partial charge in [-0.15, -0.1) is 0 Å². The van der Waals surface area contributed by atoms with Crippen LogP contribution in [0.4, 0.5) is 27.6 Å². The number of nitrogens with zero attached hydrogens (tertiary/aromatic N) is 2. The smallest absolute Gasteiger partial charge is 0.321 e. The van der Waals surface area contributed by atoms with Crippen LogP contribution >= 0.6 is 0 Å². The molecule has 4 nitrogen and oxygen atoms in total. The number of rotatable bonds is 3. The van der Waals surface area contributed by atoms with Gasteiger partial charge in [-0.3, -0.25) is 9.36 Å². The predicted octanol–water partition coefficient (Wildman–Crippen LogP) is 4.42. The van der Waals surface area contributed by atoms with Crippen LogP contribution in [-0.4, -0.2) is 15.5 Å². The van der Waals surface area contributed by atoms with E-state index in [9.17, 15) is 26.7 Å². The summed E-state index contributed by atoms with van der Waals surface area (Å²) in [6, 6.07) is 7.34. The van der Waals surface area contributed by atoms with E-state index in [1.807, 2.05) is 0 Å². The molecule has 0 saturated heterocycles. The summed E-state index contributed by atoms with van der Waals surface area (Å²) in [6.45, 7) is 0. The minimum absolute atomic E-state index is 0.00879. The Hall–Kier alpha value is -3.23. The standard InChI is InChI=1S/C17H10F5N3O/c18-10-1-4-12(5-2-10)25-9-23-8-15(25)16(26)24-11-3-6-14(19)13(7-11)17(20,21)22/h1-9H,(H,24,26). The molecular formula is C17H10F5N3O. The quantitative estimate of drug-likeness (QED) is 0.697. The van der Waals surface area contributed by atoms with E-state index >= 15 is 0 Å². The number of aromatic nitrogens is 2. The Morgan fingerprint density at radius 3 is 2.38 bits per heavy atom. The Labute approximate surface area is 143 Å². The molecule has 134 valence electrons. The van der Waals surface area contributed by atoms with Crippen LogP contribution in [0.2, 0.25) is 0 Å². The number of hydrogen-bond acceptors (Lipinski definition) is 2. The molecule has 0 saturated carbocycles. The molecule has 1 amide bonds. The van der Waals surface area contributed by atoms with Gasteiger partial charge in [-0.1, -0.05) is 0 Å². The first-order chi connectivity index (χ1) is 12.3. The van der Waals surface area contributed by atoms with Crippen molar-refractivity contribution in [3.8, 4) is 5.69 Å². The number of halogens is 5. The summed E-state index contributed by atoms with van der Waals surface area (Å²) in [5, 5.41) is 2.27. The number of hydrogen-bond donors (Lipinski definition) is 1. The van der Waals surface area contributed by atoms with Gasteiger partial charge >= 0.3 is 6.18 Å². The van der Waals surface area contributed by atoms with E-state index in [0.29, 0.717) is 17.8 Å². The Morgan fingerprint density at radius 2 is 1.73 bits per heavy atom. The fraction of sp³-hybridized carbons (Fsp3) is 0.0588. The van der Waals surface area contributed by atoms with E-state index in [0.717, 1.165) is 6.07 Å². The molecule has 0 spiro atoms. The van der Waals surface area contributed by atoms with Crippen molar-refractivity contribution in [2.45, 2.75) is 6.18 Å². The lowest BCUT2D eigenvalue weighted by Crippen LogP contribution is -2.17. The van der Waals surface area contributed by atoms with E-state index < -0.39 is 29.3 Å². The monoisotopic (exact) mass is 367 g/mol. The molecule has 3 rings (SSSR count). The maximum atomic E-state index is 13.3. The Bertz CT molecular complexity index is 948. The average molecular weight is 367 g/mol. The van der Waals surface area contributed by atoms with Crippen LogP contribution in [0.15, 0.2) is 55.0 Å². The van der Waals surface area contributed by atoms with Crippen molar-refractivity contribution >= 4 is 11.6 Å². The lowest BCUT2D eigenvalue weighted by Gasteiger charge is -2.12. The summed E-state index contributed by atoms with van der Waals surface area (Å²) in [4.78, 5) is 16.2. The highest BCUT2D eigenvalue weighted by Crippen LogP contribution is 2.33. The van der Waals surface area contributed by atoms with Crippen molar-refractivity contribution in [1.82, 2.24) is 9.55 Å². The van der Waals surface area contributed by atoms with E-state index in [1.54, 1.807) is 0 Å². The lowest BCUT2D eigenvalue weighted by atomic mass is 10.1. The minimum atomic E-state index is -4.89. The van der Waals surface area contributed by atoms with Crippen LogP contribution in [0.1, 0.15) is 16.1 Å². The lowest BCUT2D eigenvalue weighted by molar-refractivity contribution is -0.139. The third-order valence-corrected chi connectivity index (χ3v) is 3.51. The summed E-state index contributed by atoms with van der Waals surface area (Å²) in [7, 11) is 0. The molecule has 9 heteroatoms. The normalized spacial score (nSPS) is 11.4. The fourth-order valence-corrected chi connectivity index (χ4v) is 2.29. The van der Waals surface area contributed by atoms with Crippen molar-refractivity contribution in [2.75, 3.05) is 5.32 Å². The van der Waals surface area contributed by atoms with Crippen LogP contribution in [0.25, 0.3) is 5.69 Å². The molecule has 0 atom stereocenters. The van der Waals surface area contributed by atoms with Gasteiger partial charge in [0.05, 0.1) is 18.1 Å². The Morgan fingerprint density at radius 1 is 1.04 bits per heavy atom. The maximum absolute atomic E-state index is 13.3. The van der Waals surface area contributed by atoms with Gasteiger partial charge < -0.3 is 5.32 Å². The Kier molecular flexibility index (Phi) is 4.45. The molecule has 0 unspecified atom stereocenters. The second-order valence-electron chi connectivity index (χ2n) is 5.27. The highest BCUT2D eigenvalue weighted by atomic mass is 19.4. The first kappa shape index (κ1) is 17.6. The van der Waals surface area contributed by atoms with Gasteiger partial charge in [-0.25, -0.2) is 13.8 Å². The van der Waals surface area contributed by atoms with Gasteiger partial charge in [0.25, 0.3) is 5.91 Å². The van der Waals surface area contributed by atoms with Gasteiger partial charge in [-0.05, 0) is 42.5 Å². The molecule has 1 aromatic heterocycles. The zero-order chi connectivity index (χ0) is 18.9. The molecule has 3 aromatic rings. The number of anilines is 1. The van der Waals surface area contributed by atoms with Gasteiger partial charge in [0.1, 0.15) is 17.3 Å². The van der Waals surface area contributed by atoms with E-state index in [2.05, 4.69) is 10.3 Å². The van der Waals surface area contributed by atoms with Crippen LogP contribution in [-0.2, 0) is 6.18 Å². The van der Waals surface area contributed by atoms with Crippen molar-refractivity contribution in [3.63, 3.8) is 0 Å². The van der Waals surface area contributed by atoms with Crippen LogP contribution < -0.4 is 5.32 Å². The van der Waals surface area contributed by atoms with Crippen LogP contribution in [0, 0.1) is 11.6 Å². The first-order valence-corrected chi connectivity index (χ1v) is 7.22. The number of carbonyl (C=O) groups excluding carboxylic acids is 1. The van der Waals surface area contributed by atoms with Gasteiger partial charge in [0.15, 0.2) is 0 Å². The predicted molar refractivity (Wildman–Crippen MR) is 82.9 cm³/mol. The summed E-state index contributed by atoms with van der Waals surface area (Å²) in [5.74, 6) is -2.66. The molecule has 1 N–H and O–H groups in total. The molecule has 0 aliphatic heterocycles. The molecule has 2 aromatic carbocycles. The molecule has 0 radical (unpaired) electrons. The van der Waals surface area contributed by atoms with E-state index in [-0.39, 0.29) is 11.4 Å². The second-order valence-corrected chi connectivity index (χ2v) is 5.27. The average Bonchev–Trinajstić information content (AvgIpc) is 3.06. The number of alkyl halides is 3. The largest absolute Gasteiger partial charge is 0.419 e. The maximum Gasteiger partial charge on any atom is 0.419 e. The van der Waals surface area contributed by atoms with Gasteiger partial charge in [-0.2, -0.15) is 13.2 Å². The fourth-order valence-electron chi connectivity index (χ4n) is 2.29. The number of imidazole rings is 1. The Balaban J connectivity index is 1.88. The number of carbonyl (C=O) groups is 1. The highest BCUT2D eigenvalue weighted by molar-refractivity contribution is 6.03. The van der Waals surface area contributed by atoms with Crippen molar-refractivity contribution < 1.29 is 26.7 Å². The molecular weight excluding hydrogens is 357 g/mol. The number of amides is 1. The van der Waals surface area contributed by atoms with Crippen molar-refractivity contribution in [2.24, 2.45) is 0 Å². The highest BCUT2D eigenvalue weighted by Gasteiger charge is 2.34. The van der Waals surface area contributed by atoms with Crippen LogP contribution in [0.5, 0.6) is 0 Å². The van der Waals surface area contributed by atoms with E-state index in [1.165, 1.54) is 41.4 Å². The van der Waals surface area contributed by atoms with Crippen LogP contribution in [0.3, 0.4) is 0 Å².